The second-order valence-corrected chi connectivity index (χ2v) is 10.7. The van der Waals surface area contributed by atoms with Gasteiger partial charge in [-0.25, -0.2) is 9.59 Å². The molecule has 0 fully saturated rings. The second kappa shape index (κ2) is 25.5. The average Bonchev–Trinajstić information content (AvgIpc) is 3.19. The topological polar surface area (TPSA) is 255 Å². The number of hydrogen-bond acceptors (Lipinski definition) is 9. The Morgan fingerprint density at radius 3 is 2.16 bits per heavy atom. The second-order valence-electron chi connectivity index (χ2n) is 10.7. The fourth-order valence-corrected chi connectivity index (χ4v) is 4.86. The molecule has 0 radical (unpaired) electrons. The number of nitrogens with one attached hydrogen (secondary N) is 3. The molecule has 3 N–H and O–H groups in total. The van der Waals surface area contributed by atoms with E-state index in [0.717, 1.165) is 21.1 Å². The maximum absolute atomic E-state index is 14.1. The number of anilines is 1. The van der Waals surface area contributed by atoms with E-state index in [4.69, 9.17) is 23.4 Å². The van der Waals surface area contributed by atoms with Crippen LogP contribution in [0.5, 0.6) is 5.75 Å². The summed E-state index contributed by atoms with van der Waals surface area (Å²) in [5.74, 6) is -1.34. The zero-order valence-corrected chi connectivity index (χ0v) is 30.8. The van der Waals surface area contributed by atoms with Gasteiger partial charge in [0.1, 0.15) is 30.6 Å². The van der Waals surface area contributed by atoms with Crippen LogP contribution in [0.15, 0.2) is 88.6 Å². The number of H-pyrrole nitrogens is 1. The van der Waals surface area contributed by atoms with Crippen molar-refractivity contribution in [1.29, 1.82) is 0 Å². The molecular formula is C36H34CrN6O12. The number of benzene rings is 3. The predicted octanol–water partition coefficient (Wildman–Crippen LogP) is 3.09. The molecule has 55 heavy (non-hydrogen) atoms. The van der Waals surface area contributed by atoms with Gasteiger partial charge in [-0.05, 0) is 42.7 Å². The summed E-state index contributed by atoms with van der Waals surface area (Å²) in [4.78, 5) is 79.7. The first kappa shape index (κ1) is 48.5. The molecule has 0 bridgehead atoms. The maximum atomic E-state index is 14.1. The van der Waals surface area contributed by atoms with Crippen molar-refractivity contribution >= 4 is 29.3 Å². The minimum absolute atomic E-state index is 0. The molecule has 18 nitrogen and oxygen atoms in total. The quantitative estimate of drug-likeness (QED) is 0.0777. The van der Waals surface area contributed by atoms with Crippen LogP contribution >= 0.6 is 0 Å². The van der Waals surface area contributed by atoms with Gasteiger partial charge in [0.05, 0.1) is 18.1 Å². The smallest absolute Gasteiger partial charge is 0 e. The molecule has 286 valence electrons. The van der Waals surface area contributed by atoms with E-state index in [2.05, 4.69) is 35.6 Å². The number of aromatic amines is 1. The summed E-state index contributed by atoms with van der Waals surface area (Å²) >= 11 is 0. The van der Waals surface area contributed by atoms with Gasteiger partial charge in [-0.15, -0.1) is 0 Å². The molecule has 4 aromatic rings. The summed E-state index contributed by atoms with van der Waals surface area (Å²) in [5, 5.41) is 17.0. The van der Waals surface area contributed by atoms with Crippen LogP contribution in [-0.4, -0.2) is 57.5 Å². The number of rotatable bonds is 13. The Kier molecular flexibility index (Phi) is 22.5. The third-order valence-electron chi connectivity index (χ3n) is 7.35. The van der Waals surface area contributed by atoms with Crippen LogP contribution in [0.2, 0.25) is 0 Å². The van der Waals surface area contributed by atoms with E-state index in [1.165, 1.54) is 32.4 Å². The largest absolute Gasteiger partial charge is 0 e. The number of nitrogens with zero attached hydrogens (tertiary/aromatic N) is 3. The van der Waals surface area contributed by atoms with E-state index in [1.807, 2.05) is 6.07 Å². The summed E-state index contributed by atoms with van der Waals surface area (Å²) in [6.07, 6.45) is 0.449. The fraction of sp³-hybridized carbons (Fsp3) is 0.222. The van der Waals surface area contributed by atoms with Gasteiger partial charge >= 0.3 is 45.7 Å². The first-order chi connectivity index (χ1) is 26.0. The van der Waals surface area contributed by atoms with Crippen LogP contribution in [0.25, 0.3) is 0 Å². The van der Waals surface area contributed by atoms with Gasteiger partial charge in [0.15, 0.2) is 0 Å². The van der Waals surface area contributed by atoms with Gasteiger partial charge in [0.2, 0.25) is 5.91 Å². The third kappa shape index (κ3) is 14.4. The Morgan fingerprint density at radius 2 is 1.56 bits per heavy atom. The number of ether oxygens (including phenoxy) is 2. The summed E-state index contributed by atoms with van der Waals surface area (Å²) < 4.78 is 33.9. The van der Waals surface area contributed by atoms with E-state index in [-0.39, 0.29) is 54.1 Å². The number of nitro benzene ring substituents is 1. The minimum Gasteiger partial charge on any atom is 0 e. The number of methoxy groups -OCH3 is 1. The molecule has 1 aromatic heterocycles. The van der Waals surface area contributed by atoms with E-state index >= 15 is 0 Å². The molecule has 0 saturated heterocycles. The fourth-order valence-electron chi connectivity index (χ4n) is 4.86. The standard InChI is InChI=1S/C33H34N6O9.3CO.Cr/c1-21-9-7-8-12-25(21)29(31(42)35-26-14-13-24(47-3)17-27(26)39(45)46)38(28(40)19-37-18-22(2)30(41)36-32(37)43)16-15-34-33(44)48-20-23-10-5-4-6-11-23;3*1-2;/h4-14,17-18,29H,15-16,19-20H2,1-3H3,(H,34,44)(H,35,42)(H,36,41,43);;;;. The summed E-state index contributed by atoms with van der Waals surface area (Å²) in [5.41, 5.74) is -0.103. The molecule has 1 atom stereocenters. The molecule has 0 aliphatic carbocycles. The molecule has 0 aliphatic rings. The molecule has 19 heteroatoms. The molecule has 0 aliphatic heterocycles. The Hall–Kier alpha value is -6.50. The van der Waals surface area contributed by atoms with Gasteiger partial charge < -0.3 is 25.0 Å². The Balaban J connectivity index is 0.00000396. The summed E-state index contributed by atoms with van der Waals surface area (Å²) in [6, 6.07) is 18.2. The summed E-state index contributed by atoms with van der Waals surface area (Å²) in [7, 11) is 1.34. The van der Waals surface area contributed by atoms with Crippen LogP contribution in [0, 0.1) is 43.9 Å². The first-order valence-corrected chi connectivity index (χ1v) is 15.3. The van der Waals surface area contributed by atoms with Crippen LogP contribution in [0.4, 0.5) is 16.2 Å². The number of hydrogen-bond donors (Lipinski definition) is 3. The number of aromatic nitrogens is 2. The van der Waals surface area contributed by atoms with Crippen molar-refractivity contribution in [2.75, 3.05) is 25.5 Å². The van der Waals surface area contributed by atoms with Crippen molar-refractivity contribution in [3.8, 4) is 5.75 Å². The number of alkyl carbamates (subject to hydrolysis) is 1. The van der Waals surface area contributed by atoms with Crippen molar-refractivity contribution in [1.82, 2.24) is 19.8 Å². The molecule has 3 aromatic carbocycles. The number of carbonyl (C=O) groups excluding carboxylic acids is 3. The van der Waals surface area contributed by atoms with Crippen molar-refractivity contribution in [3.63, 3.8) is 0 Å². The van der Waals surface area contributed by atoms with Crippen molar-refractivity contribution in [3.05, 3.63) is 152 Å². The minimum atomic E-state index is -1.39. The molecule has 1 heterocycles. The number of amides is 3. The van der Waals surface area contributed by atoms with Crippen LogP contribution in [-0.2, 0) is 58.8 Å². The molecule has 1 unspecified atom stereocenters. The van der Waals surface area contributed by atoms with E-state index < -0.39 is 52.4 Å². The SMILES string of the molecule is COc1ccc(NC(=O)C(c2ccccc2C)N(CCNC(=O)OCc2ccccc2)C(=O)Cn2cc(C)c(=O)[nH]c2=O)c([N+](=O)[O-])c1.[C-]#[O+].[C-]#[O+].[C-]#[O+].[Cr]. The van der Waals surface area contributed by atoms with Crippen molar-refractivity contribution < 1.29 is 60.1 Å². The Bertz CT molecular complexity index is 2070. The predicted molar refractivity (Wildman–Crippen MR) is 186 cm³/mol. The van der Waals surface area contributed by atoms with Gasteiger partial charge in [0, 0.05) is 42.2 Å². The zero-order valence-electron chi connectivity index (χ0n) is 29.6. The normalized spacial score (nSPS) is 9.91. The van der Waals surface area contributed by atoms with Crippen molar-refractivity contribution in [2.24, 2.45) is 0 Å². The molecule has 3 amide bonds. The Labute approximate surface area is 324 Å². The van der Waals surface area contributed by atoms with E-state index in [1.54, 1.807) is 55.5 Å². The number of aryl methyl sites for hydroxylation is 2. The van der Waals surface area contributed by atoms with Gasteiger partial charge in [-0.3, -0.25) is 34.0 Å². The monoisotopic (exact) mass is 794 g/mol. The van der Waals surface area contributed by atoms with E-state index in [9.17, 15) is 34.1 Å². The first-order valence-electron chi connectivity index (χ1n) is 15.3. The van der Waals surface area contributed by atoms with Gasteiger partial charge in [0.25, 0.3) is 17.2 Å². The van der Waals surface area contributed by atoms with E-state index in [0.29, 0.717) is 11.1 Å². The average molecular weight is 795 g/mol. The zero-order chi connectivity index (χ0) is 40.8. The molecule has 0 saturated carbocycles. The van der Waals surface area contributed by atoms with Crippen LogP contribution in [0.1, 0.15) is 28.3 Å². The summed E-state index contributed by atoms with van der Waals surface area (Å²) in [6.45, 7) is 15.7. The van der Waals surface area contributed by atoms with Gasteiger partial charge in [-0.1, -0.05) is 54.6 Å². The third-order valence-corrected chi connectivity index (χ3v) is 7.35. The number of carbonyl (C=O) groups is 3. The molecule has 4 rings (SSSR count). The molecule has 0 spiro atoms. The van der Waals surface area contributed by atoms with Crippen molar-refractivity contribution in [2.45, 2.75) is 33.0 Å². The van der Waals surface area contributed by atoms with Crippen LogP contribution < -0.4 is 26.6 Å². The Morgan fingerprint density at radius 1 is 0.945 bits per heavy atom. The molecular weight excluding hydrogens is 760 g/mol. The number of nitro groups is 1. The van der Waals surface area contributed by atoms with Crippen LogP contribution in [0.3, 0.4) is 0 Å². The maximum Gasteiger partial charge on any atom is 0 e. The van der Waals surface area contributed by atoms with Gasteiger partial charge in [-0.2, -0.15) is 0 Å².